The number of benzene rings is 1. The van der Waals surface area contributed by atoms with Crippen LogP contribution >= 0.6 is 11.8 Å². The zero-order valence-electron chi connectivity index (χ0n) is 15.9. The van der Waals surface area contributed by atoms with Gasteiger partial charge in [0, 0.05) is 42.8 Å². The molecule has 0 saturated heterocycles. The van der Waals surface area contributed by atoms with Crippen molar-refractivity contribution < 1.29 is 9.53 Å². The van der Waals surface area contributed by atoms with Crippen LogP contribution in [0.15, 0.2) is 41.6 Å². The maximum absolute atomic E-state index is 12.7. The first-order valence-electron chi connectivity index (χ1n) is 8.89. The van der Waals surface area contributed by atoms with E-state index in [1.165, 1.54) is 11.8 Å². The van der Waals surface area contributed by atoms with Crippen molar-refractivity contribution in [2.75, 3.05) is 19.5 Å². The van der Waals surface area contributed by atoms with E-state index in [1.54, 1.807) is 7.11 Å². The number of carbonyl (C=O) groups is 1. The summed E-state index contributed by atoms with van der Waals surface area (Å²) in [4.78, 5) is 17.2. The van der Waals surface area contributed by atoms with Crippen LogP contribution in [0.3, 0.4) is 0 Å². The highest BCUT2D eigenvalue weighted by Gasteiger charge is 2.17. The summed E-state index contributed by atoms with van der Waals surface area (Å²) in [6, 6.07) is 11.8. The third kappa shape index (κ3) is 4.67. The third-order valence-electron chi connectivity index (χ3n) is 4.45. The smallest absolute Gasteiger partial charge is 0.209 e. The number of aromatic amines is 1. The Morgan fingerprint density at radius 2 is 2.04 bits per heavy atom. The van der Waals surface area contributed by atoms with Gasteiger partial charge in [-0.05, 0) is 26.3 Å². The number of thioether (sulfide) groups is 1. The summed E-state index contributed by atoms with van der Waals surface area (Å²) in [6.07, 6.45) is 0.925. The molecule has 0 aliphatic rings. The van der Waals surface area contributed by atoms with E-state index in [2.05, 4.69) is 19.7 Å². The van der Waals surface area contributed by atoms with Crippen molar-refractivity contribution in [3.8, 4) is 11.4 Å². The first-order chi connectivity index (χ1) is 13.1. The van der Waals surface area contributed by atoms with Gasteiger partial charge in [-0.3, -0.25) is 9.89 Å². The van der Waals surface area contributed by atoms with Crippen LogP contribution in [0.1, 0.15) is 28.2 Å². The molecule has 0 bridgehead atoms. The molecule has 0 saturated carbocycles. The largest absolute Gasteiger partial charge is 0.385 e. The quantitative estimate of drug-likeness (QED) is 0.344. The Labute approximate surface area is 163 Å². The fraction of sp³-hybridized carbons (Fsp3) is 0.350. The molecule has 2 aromatic heterocycles. The lowest BCUT2D eigenvalue weighted by Crippen LogP contribution is -2.08. The Kier molecular flexibility index (Phi) is 6.47. The van der Waals surface area contributed by atoms with Gasteiger partial charge in [-0.1, -0.05) is 42.1 Å². The monoisotopic (exact) mass is 384 g/mol. The minimum absolute atomic E-state index is 0.0946. The van der Waals surface area contributed by atoms with Crippen LogP contribution < -0.4 is 0 Å². The highest BCUT2D eigenvalue weighted by molar-refractivity contribution is 7.99. The van der Waals surface area contributed by atoms with E-state index in [0.717, 1.165) is 35.5 Å². The van der Waals surface area contributed by atoms with Gasteiger partial charge in [0.25, 0.3) is 0 Å². The second-order valence-corrected chi connectivity index (χ2v) is 7.27. The van der Waals surface area contributed by atoms with E-state index in [0.29, 0.717) is 23.3 Å². The molecule has 2 heterocycles. The Bertz CT molecular complexity index is 902. The van der Waals surface area contributed by atoms with Gasteiger partial charge in [0.2, 0.25) is 5.16 Å². The number of H-pyrrole nitrogens is 1. The summed E-state index contributed by atoms with van der Waals surface area (Å²) in [6.45, 7) is 5.60. The summed E-state index contributed by atoms with van der Waals surface area (Å²) < 4.78 is 7.30. The van der Waals surface area contributed by atoms with Gasteiger partial charge in [0.05, 0.1) is 5.75 Å². The van der Waals surface area contributed by atoms with E-state index in [-0.39, 0.29) is 5.78 Å². The van der Waals surface area contributed by atoms with Gasteiger partial charge < -0.3 is 9.30 Å². The number of carbonyl (C=O) groups excluding carboxylic acids is 1. The lowest BCUT2D eigenvalue weighted by molar-refractivity contribution is 0.102. The highest BCUT2D eigenvalue weighted by Crippen LogP contribution is 2.22. The minimum Gasteiger partial charge on any atom is -0.385 e. The van der Waals surface area contributed by atoms with Crippen LogP contribution in [0.4, 0.5) is 0 Å². The van der Waals surface area contributed by atoms with Crippen molar-refractivity contribution in [2.45, 2.75) is 32.0 Å². The van der Waals surface area contributed by atoms with Crippen LogP contribution in [0.25, 0.3) is 11.4 Å². The zero-order valence-corrected chi connectivity index (χ0v) is 16.7. The van der Waals surface area contributed by atoms with Gasteiger partial charge in [-0.15, -0.1) is 5.10 Å². The number of methoxy groups -OCH3 is 1. The number of hydrogen-bond donors (Lipinski definition) is 1. The molecule has 0 unspecified atom stereocenters. The molecule has 0 atom stereocenters. The highest BCUT2D eigenvalue weighted by atomic mass is 32.2. The number of nitrogens with zero attached hydrogens (tertiary/aromatic N) is 3. The van der Waals surface area contributed by atoms with Gasteiger partial charge in [-0.2, -0.15) is 0 Å². The molecule has 7 heteroatoms. The van der Waals surface area contributed by atoms with Gasteiger partial charge in [-0.25, -0.2) is 4.98 Å². The predicted molar refractivity (Wildman–Crippen MR) is 107 cm³/mol. The van der Waals surface area contributed by atoms with Gasteiger partial charge >= 0.3 is 0 Å². The fourth-order valence-corrected chi connectivity index (χ4v) is 3.72. The number of aryl methyl sites for hydroxylation is 1. The topological polar surface area (TPSA) is 72.8 Å². The van der Waals surface area contributed by atoms with Crippen LogP contribution in [-0.2, 0) is 11.3 Å². The summed E-state index contributed by atoms with van der Waals surface area (Å²) in [5.41, 5.74) is 3.86. The number of ketones is 1. The van der Waals surface area contributed by atoms with E-state index in [9.17, 15) is 4.79 Å². The molecular weight excluding hydrogens is 360 g/mol. The minimum atomic E-state index is 0.0946. The number of Topliss-reactive ketones (excluding diaryl/α,β-unsaturated/α-hetero) is 1. The van der Waals surface area contributed by atoms with Crippen LogP contribution in [0.2, 0.25) is 0 Å². The molecule has 1 aromatic carbocycles. The van der Waals surface area contributed by atoms with Crippen LogP contribution in [-0.4, -0.2) is 45.0 Å². The first kappa shape index (κ1) is 19.4. The molecule has 1 N–H and O–H groups in total. The van der Waals surface area contributed by atoms with Crippen molar-refractivity contribution in [1.29, 1.82) is 0 Å². The number of rotatable bonds is 9. The Hall–Kier alpha value is -2.38. The molecule has 0 aliphatic heterocycles. The van der Waals surface area contributed by atoms with Crippen molar-refractivity contribution in [3.63, 3.8) is 0 Å². The molecule has 6 nitrogen and oxygen atoms in total. The van der Waals surface area contributed by atoms with E-state index < -0.39 is 0 Å². The average molecular weight is 385 g/mol. The predicted octanol–water partition coefficient (Wildman–Crippen LogP) is 3.90. The van der Waals surface area contributed by atoms with Crippen molar-refractivity contribution >= 4 is 17.5 Å². The first-order valence-corrected chi connectivity index (χ1v) is 9.88. The van der Waals surface area contributed by atoms with Crippen molar-refractivity contribution in [3.05, 3.63) is 53.3 Å². The molecule has 0 amide bonds. The Morgan fingerprint density at radius 1 is 1.26 bits per heavy atom. The third-order valence-corrected chi connectivity index (χ3v) is 5.30. The second-order valence-electron chi connectivity index (χ2n) is 6.33. The number of ether oxygens (including phenoxy) is 1. The fourth-order valence-electron chi connectivity index (χ4n) is 3.04. The normalized spacial score (nSPS) is 11.1. The molecule has 3 rings (SSSR count). The summed E-state index contributed by atoms with van der Waals surface area (Å²) in [7, 11) is 1.70. The van der Waals surface area contributed by atoms with Crippen LogP contribution in [0, 0.1) is 13.8 Å². The van der Waals surface area contributed by atoms with Gasteiger partial charge in [0.1, 0.15) is 0 Å². The number of aromatic nitrogens is 4. The lowest BCUT2D eigenvalue weighted by Gasteiger charge is -2.09. The van der Waals surface area contributed by atoms with Crippen molar-refractivity contribution in [2.24, 2.45) is 0 Å². The van der Waals surface area contributed by atoms with E-state index in [1.807, 2.05) is 50.2 Å². The maximum atomic E-state index is 12.7. The second kappa shape index (κ2) is 9.01. The maximum Gasteiger partial charge on any atom is 0.209 e. The Morgan fingerprint density at radius 3 is 2.78 bits per heavy atom. The molecule has 142 valence electrons. The Balaban J connectivity index is 1.63. The molecular formula is C20H24N4O2S. The average Bonchev–Trinajstić information content (AvgIpc) is 3.27. The summed E-state index contributed by atoms with van der Waals surface area (Å²) >= 11 is 1.35. The zero-order chi connectivity index (χ0) is 19.2. The van der Waals surface area contributed by atoms with E-state index >= 15 is 0 Å². The SMILES string of the molecule is COCCCn1c(C)cc(C(=O)CSc2n[nH]c(-c3ccccc3)n2)c1C. The number of nitrogens with one attached hydrogen (secondary N) is 1. The lowest BCUT2D eigenvalue weighted by atomic mass is 10.2. The molecule has 0 aliphatic carbocycles. The molecule has 0 radical (unpaired) electrons. The summed E-state index contributed by atoms with van der Waals surface area (Å²) in [5, 5.41) is 7.72. The summed E-state index contributed by atoms with van der Waals surface area (Å²) in [5.74, 6) is 1.12. The molecule has 27 heavy (non-hydrogen) atoms. The number of hydrogen-bond acceptors (Lipinski definition) is 5. The van der Waals surface area contributed by atoms with Crippen molar-refractivity contribution in [1.82, 2.24) is 19.7 Å². The van der Waals surface area contributed by atoms with Gasteiger partial charge in [0.15, 0.2) is 11.6 Å². The van der Waals surface area contributed by atoms with Crippen LogP contribution in [0.5, 0.6) is 0 Å². The molecule has 0 fully saturated rings. The molecule has 3 aromatic rings. The standard InChI is InChI=1S/C20H24N4O2S/c1-14-12-17(15(2)24(14)10-7-11-26-3)18(25)13-27-20-21-19(22-23-20)16-8-5-4-6-9-16/h4-6,8-9,12H,7,10-11,13H2,1-3H3,(H,21,22,23). The molecule has 0 spiro atoms. The van der Waals surface area contributed by atoms with E-state index in [4.69, 9.17) is 4.74 Å².